The minimum absolute atomic E-state index is 0.383. The number of nitrogens with zero attached hydrogens (tertiary/aromatic N) is 2. The maximum absolute atomic E-state index is 5.79. The van der Waals surface area contributed by atoms with Gasteiger partial charge in [0.05, 0.1) is 0 Å². The lowest BCUT2D eigenvalue weighted by Gasteiger charge is -2.23. The minimum atomic E-state index is 0.383. The quantitative estimate of drug-likeness (QED) is 0.679. The van der Waals surface area contributed by atoms with Crippen LogP contribution in [0, 0.1) is 0 Å². The Hall–Kier alpha value is -0.900. The molecule has 1 aromatic heterocycles. The Labute approximate surface area is 71.1 Å². The van der Waals surface area contributed by atoms with Crippen molar-refractivity contribution in [3.8, 4) is 0 Å². The van der Waals surface area contributed by atoms with Crippen LogP contribution in [0.25, 0.3) is 0 Å². The fourth-order valence-corrected chi connectivity index (χ4v) is 1.74. The lowest BCUT2D eigenvalue weighted by molar-refractivity contribution is 0.360. The van der Waals surface area contributed by atoms with Crippen molar-refractivity contribution in [3.63, 3.8) is 0 Å². The van der Waals surface area contributed by atoms with E-state index in [1.807, 2.05) is 0 Å². The van der Waals surface area contributed by atoms with Crippen LogP contribution in [0.1, 0.15) is 37.4 Å². The summed E-state index contributed by atoms with van der Waals surface area (Å²) in [5.41, 5.74) is 5.79. The molecule has 1 aromatic rings. The van der Waals surface area contributed by atoms with E-state index in [1.54, 1.807) is 0 Å². The molecule has 0 bridgehead atoms. The van der Waals surface area contributed by atoms with Crippen molar-refractivity contribution in [2.45, 2.75) is 37.6 Å². The molecule has 0 spiro atoms. The third kappa shape index (κ3) is 1.48. The smallest absolute Gasteiger partial charge is 0.213 e. The summed E-state index contributed by atoms with van der Waals surface area (Å²) in [4.78, 5) is 4.05. The van der Waals surface area contributed by atoms with Crippen molar-refractivity contribution in [2.75, 3.05) is 0 Å². The average molecular weight is 167 g/mol. The first-order chi connectivity index (χ1) is 5.86. The van der Waals surface area contributed by atoms with Crippen LogP contribution in [0.5, 0.6) is 0 Å². The van der Waals surface area contributed by atoms with Crippen molar-refractivity contribution in [1.29, 1.82) is 0 Å². The van der Waals surface area contributed by atoms with Crippen molar-refractivity contribution >= 4 is 0 Å². The lowest BCUT2D eigenvalue weighted by Crippen LogP contribution is -2.26. The molecule has 0 radical (unpaired) electrons. The zero-order chi connectivity index (χ0) is 8.39. The van der Waals surface area contributed by atoms with Gasteiger partial charge in [0.2, 0.25) is 6.39 Å². The summed E-state index contributed by atoms with van der Waals surface area (Å²) >= 11 is 0. The van der Waals surface area contributed by atoms with Gasteiger partial charge in [-0.2, -0.15) is 4.98 Å². The van der Waals surface area contributed by atoms with E-state index in [-0.39, 0.29) is 0 Å². The van der Waals surface area contributed by atoms with Crippen LogP contribution in [-0.4, -0.2) is 16.2 Å². The highest BCUT2D eigenvalue weighted by atomic mass is 16.5. The molecule has 1 aliphatic rings. The summed E-state index contributed by atoms with van der Waals surface area (Å²) in [5, 5.41) is 3.84. The molecule has 4 nitrogen and oxygen atoms in total. The van der Waals surface area contributed by atoms with E-state index in [0.717, 1.165) is 31.5 Å². The molecule has 2 N–H and O–H groups in total. The van der Waals surface area contributed by atoms with Crippen molar-refractivity contribution < 1.29 is 4.52 Å². The van der Waals surface area contributed by atoms with Gasteiger partial charge in [-0.25, -0.2) is 0 Å². The van der Waals surface area contributed by atoms with E-state index < -0.39 is 0 Å². The van der Waals surface area contributed by atoms with E-state index >= 15 is 0 Å². The summed E-state index contributed by atoms with van der Waals surface area (Å²) in [6, 6.07) is 0.383. The maximum atomic E-state index is 5.79. The van der Waals surface area contributed by atoms with E-state index in [2.05, 4.69) is 10.1 Å². The largest absolute Gasteiger partial charge is 0.343 e. The Morgan fingerprint density at radius 1 is 1.33 bits per heavy atom. The van der Waals surface area contributed by atoms with Crippen LogP contribution >= 0.6 is 0 Å². The summed E-state index contributed by atoms with van der Waals surface area (Å²) in [7, 11) is 0. The van der Waals surface area contributed by atoms with Crippen LogP contribution < -0.4 is 5.73 Å². The molecule has 0 aliphatic heterocycles. The van der Waals surface area contributed by atoms with Gasteiger partial charge in [0.1, 0.15) is 0 Å². The Morgan fingerprint density at radius 3 is 2.67 bits per heavy atom. The molecule has 1 saturated carbocycles. The molecule has 1 aliphatic carbocycles. The first-order valence-corrected chi connectivity index (χ1v) is 4.38. The second kappa shape index (κ2) is 3.23. The van der Waals surface area contributed by atoms with Gasteiger partial charge in [-0.15, -0.1) is 0 Å². The van der Waals surface area contributed by atoms with Crippen molar-refractivity contribution in [3.05, 3.63) is 12.2 Å². The van der Waals surface area contributed by atoms with Crippen molar-refractivity contribution in [2.24, 2.45) is 5.73 Å². The molecule has 12 heavy (non-hydrogen) atoms. The van der Waals surface area contributed by atoms with Crippen molar-refractivity contribution in [1.82, 2.24) is 10.1 Å². The molecule has 66 valence electrons. The molecular weight excluding hydrogens is 154 g/mol. The summed E-state index contributed by atoms with van der Waals surface area (Å²) in [6.45, 7) is 0. The first-order valence-electron chi connectivity index (χ1n) is 4.38. The second-order valence-electron chi connectivity index (χ2n) is 3.40. The SMILES string of the molecule is N[C@H]1CC[C@H](c2ncon2)CC1. The van der Waals surface area contributed by atoms with Gasteiger partial charge < -0.3 is 10.3 Å². The number of nitrogens with two attached hydrogens (primary N) is 1. The molecule has 1 heterocycles. The molecule has 2 rings (SSSR count). The van der Waals surface area contributed by atoms with Crippen LogP contribution in [0.15, 0.2) is 10.9 Å². The molecule has 1 fully saturated rings. The van der Waals surface area contributed by atoms with Gasteiger partial charge in [-0.05, 0) is 25.7 Å². The summed E-state index contributed by atoms with van der Waals surface area (Å²) in [6.07, 6.45) is 5.75. The first kappa shape index (κ1) is 7.73. The van der Waals surface area contributed by atoms with Gasteiger partial charge in [-0.1, -0.05) is 5.16 Å². The van der Waals surface area contributed by atoms with E-state index in [0.29, 0.717) is 12.0 Å². The molecule has 0 atom stereocenters. The Bertz CT molecular complexity index is 226. The zero-order valence-corrected chi connectivity index (χ0v) is 6.94. The molecule has 0 aromatic carbocycles. The van der Waals surface area contributed by atoms with Gasteiger partial charge in [0.15, 0.2) is 5.82 Å². The third-order valence-corrected chi connectivity index (χ3v) is 2.52. The fraction of sp³-hybridized carbons (Fsp3) is 0.750. The third-order valence-electron chi connectivity index (χ3n) is 2.52. The Kier molecular flexibility index (Phi) is 2.08. The molecule has 0 amide bonds. The van der Waals surface area contributed by atoms with E-state index in [4.69, 9.17) is 10.3 Å². The van der Waals surface area contributed by atoms with Crippen LogP contribution in [0.3, 0.4) is 0 Å². The highest BCUT2D eigenvalue weighted by molar-refractivity contribution is 4.95. The monoisotopic (exact) mass is 167 g/mol. The van der Waals surface area contributed by atoms with Crippen LogP contribution in [-0.2, 0) is 0 Å². The standard InChI is InChI=1S/C8H13N3O/c9-7-3-1-6(2-4-7)8-10-5-12-11-8/h5-7H,1-4,9H2/t6-,7-. The highest BCUT2D eigenvalue weighted by Gasteiger charge is 2.22. The molecule has 0 unspecified atom stereocenters. The van der Waals surface area contributed by atoms with E-state index in [1.165, 1.54) is 6.39 Å². The molecule has 4 heteroatoms. The predicted octanol–water partition coefficient (Wildman–Crippen LogP) is 1.05. The zero-order valence-electron chi connectivity index (χ0n) is 6.94. The number of hydrogen-bond acceptors (Lipinski definition) is 4. The topological polar surface area (TPSA) is 64.9 Å². The fourth-order valence-electron chi connectivity index (χ4n) is 1.74. The van der Waals surface area contributed by atoms with E-state index in [9.17, 15) is 0 Å². The van der Waals surface area contributed by atoms with Gasteiger partial charge in [-0.3, -0.25) is 0 Å². The van der Waals surface area contributed by atoms with Gasteiger partial charge in [0, 0.05) is 12.0 Å². The predicted molar refractivity (Wildman–Crippen MR) is 43.5 cm³/mol. The number of hydrogen-bond donors (Lipinski definition) is 1. The van der Waals surface area contributed by atoms with Crippen LogP contribution in [0.4, 0.5) is 0 Å². The number of rotatable bonds is 1. The second-order valence-corrected chi connectivity index (χ2v) is 3.40. The Balaban J connectivity index is 1.99. The van der Waals surface area contributed by atoms with Gasteiger partial charge in [0.25, 0.3) is 0 Å². The number of aromatic nitrogens is 2. The maximum Gasteiger partial charge on any atom is 0.213 e. The summed E-state index contributed by atoms with van der Waals surface area (Å²) in [5.74, 6) is 1.32. The normalized spacial score (nSPS) is 30.4. The Morgan fingerprint density at radius 2 is 2.08 bits per heavy atom. The van der Waals surface area contributed by atoms with Crippen LogP contribution in [0.2, 0.25) is 0 Å². The molecule has 0 saturated heterocycles. The summed E-state index contributed by atoms with van der Waals surface area (Å²) < 4.78 is 4.70. The van der Waals surface area contributed by atoms with Gasteiger partial charge >= 0.3 is 0 Å². The minimum Gasteiger partial charge on any atom is -0.343 e. The lowest BCUT2D eigenvalue weighted by atomic mass is 9.86. The highest BCUT2D eigenvalue weighted by Crippen LogP contribution is 2.29. The molecular formula is C8H13N3O. The average Bonchev–Trinajstić information content (AvgIpc) is 2.58.